The Balaban J connectivity index is 1.29. The smallest absolute Gasteiger partial charge is 0.228 e. The Morgan fingerprint density at radius 2 is 1.63 bits per heavy atom. The number of hydrogen-bond donors (Lipinski definition) is 1. The molecule has 0 radical (unpaired) electrons. The second-order valence-electron chi connectivity index (χ2n) is 8.79. The highest BCUT2D eigenvalue weighted by atomic mass is 19.1. The van der Waals surface area contributed by atoms with Crippen LogP contribution in [0, 0.1) is 23.0 Å². The summed E-state index contributed by atoms with van der Waals surface area (Å²) >= 11 is 0. The Kier molecular flexibility index (Phi) is 4.76. The highest BCUT2D eigenvalue weighted by Gasteiger charge is 2.51. The van der Waals surface area contributed by atoms with Crippen molar-refractivity contribution in [3.8, 4) is 0 Å². The van der Waals surface area contributed by atoms with E-state index in [0.29, 0.717) is 11.6 Å². The van der Waals surface area contributed by atoms with Crippen LogP contribution in [-0.2, 0) is 4.79 Å². The van der Waals surface area contributed by atoms with Gasteiger partial charge < -0.3 is 5.32 Å². The van der Waals surface area contributed by atoms with Crippen molar-refractivity contribution in [1.29, 1.82) is 0 Å². The van der Waals surface area contributed by atoms with Crippen LogP contribution in [0.5, 0.6) is 0 Å². The van der Waals surface area contributed by atoms with E-state index >= 15 is 0 Å². The highest BCUT2D eigenvalue weighted by molar-refractivity contribution is 5.93. The van der Waals surface area contributed by atoms with E-state index in [1.807, 2.05) is 12.3 Å². The van der Waals surface area contributed by atoms with Crippen molar-refractivity contribution in [2.45, 2.75) is 44.4 Å². The minimum Gasteiger partial charge on any atom is -0.326 e. The fraction of sp³-hybridized carbons (Fsp3) is 0.360. The first-order chi connectivity index (χ1) is 14.5. The number of anilines is 1. The van der Waals surface area contributed by atoms with Gasteiger partial charge in [0.2, 0.25) is 5.91 Å². The Labute approximate surface area is 174 Å². The third kappa shape index (κ3) is 3.36. The van der Waals surface area contributed by atoms with Gasteiger partial charge in [-0.2, -0.15) is 0 Å². The molecular weight excluding hydrogens is 382 g/mol. The van der Waals surface area contributed by atoms with E-state index in [1.165, 1.54) is 23.8 Å². The number of nitrogens with zero attached hydrogens (tertiary/aromatic N) is 1. The molecule has 1 heterocycles. The van der Waals surface area contributed by atoms with Gasteiger partial charge in [-0.05, 0) is 104 Å². The first-order valence-corrected chi connectivity index (χ1v) is 10.6. The van der Waals surface area contributed by atoms with Crippen molar-refractivity contribution in [1.82, 2.24) is 4.98 Å². The number of fused-ring (bicyclic) bond motifs is 1. The Hall–Kier alpha value is -2.82. The van der Waals surface area contributed by atoms with Gasteiger partial charge in [0.1, 0.15) is 11.6 Å². The van der Waals surface area contributed by atoms with Gasteiger partial charge in [0.15, 0.2) is 0 Å². The third-order valence-corrected chi connectivity index (χ3v) is 7.26. The predicted molar refractivity (Wildman–Crippen MR) is 113 cm³/mol. The molecule has 0 aliphatic heterocycles. The molecule has 1 atom stereocenters. The number of hydrogen-bond acceptors (Lipinski definition) is 2. The zero-order chi connectivity index (χ0) is 20.7. The van der Waals surface area contributed by atoms with E-state index in [4.69, 9.17) is 0 Å². The molecule has 5 heteroatoms. The molecule has 3 aromatic rings. The van der Waals surface area contributed by atoms with E-state index in [-0.39, 0.29) is 28.9 Å². The van der Waals surface area contributed by atoms with Crippen LogP contribution in [0.1, 0.15) is 50.0 Å². The van der Waals surface area contributed by atoms with Crippen LogP contribution in [0.15, 0.2) is 54.7 Å². The topological polar surface area (TPSA) is 42.0 Å². The quantitative estimate of drug-likeness (QED) is 0.562. The predicted octanol–water partition coefficient (Wildman–Crippen LogP) is 6.21. The second-order valence-corrected chi connectivity index (χ2v) is 8.79. The molecule has 1 unspecified atom stereocenters. The largest absolute Gasteiger partial charge is 0.326 e. The maximum Gasteiger partial charge on any atom is 0.228 e. The van der Waals surface area contributed by atoms with Gasteiger partial charge in [-0.25, -0.2) is 8.78 Å². The third-order valence-electron chi connectivity index (χ3n) is 7.26. The summed E-state index contributed by atoms with van der Waals surface area (Å²) in [4.78, 5) is 17.2. The molecule has 1 aromatic heterocycles. The molecule has 0 bridgehead atoms. The summed E-state index contributed by atoms with van der Waals surface area (Å²) in [6, 6.07) is 12.7. The fourth-order valence-corrected chi connectivity index (χ4v) is 5.47. The number of amides is 1. The summed E-state index contributed by atoms with van der Waals surface area (Å²) in [5.41, 5.74) is 2.70. The van der Waals surface area contributed by atoms with Crippen LogP contribution in [0.4, 0.5) is 14.5 Å². The lowest BCUT2D eigenvalue weighted by Crippen LogP contribution is -2.48. The summed E-state index contributed by atoms with van der Waals surface area (Å²) in [5.74, 6) is -0.127. The molecule has 1 amide bonds. The van der Waals surface area contributed by atoms with Gasteiger partial charge in [0, 0.05) is 23.2 Å². The molecule has 2 aliphatic carbocycles. The van der Waals surface area contributed by atoms with Gasteiger partial charge in [0.25, 0.3) is 0 Å². The maximum absolute atomic E-state index is 13.8. The van der Waals surface area contributed by atoms with Crippen LogP contribution in [-0.4, -0.2) is 10.9 Å². The van der Waals surface area contributed by atoms with E-state index in [1.54, 1.807) is 24.3 Å². The summed E-state index contributed by atoms with van der Waals surface area (Å²) < 4.78 is 26.9. The molecule has 2 aromatic carbocycles. The first-order valence-electron chi connectivity index (χ1n) is 10.6. The molecule has 3 nitrogen and oxygen atoms in total. The van der Waals surface area contributed by atoms with Gasteiger partial charge in [-0.3, -0.25) is 9.78 Å². The van der Waals surface area contributed by atoms with Crippen molar-refractivity contribution < 1.29 is 13.6 Å². The Morgan fingerprint density at radius 1 is 0.933 bits per heavy atom. The van der Waals surface area contributed by atoms with Crippen LogP contribution < -0.4 is 5.32 Å². The van der Waals surface area contributed by atoms with Gasteiger partial charge >= 0.3 is 0 Å². The van der Waals surface area contributed by atoms with Gasteiger partial charge in [0.05, 0.1) is 5.52 Å². The molecule has 1 N–H and O–H groups in total. The molecule has 0 saturated heterocycles. The zero-order valence-electron chi connectivity index (χ0n) is 16.7. The van der Waals surface area contributed by atoms with Gasteiger partial charge in [-0.15, -0.1) is 0 Å². The molecule has 30 heavy (non-hydrogen) atoms. The number of benzene rings is 2. The molecule has 2 fully saturated rings. The maximum atomic E-state index is 13.8. The average molecular weight is 406 g/mol. The second kappa shape index (κ2) is 7.46. The summed E-state index contributed by atoms with van der Waals surface area (Å²) in [6.45, 7) is 0. The number of carbonyl (C=O) groups excluding carboxylic acids is 1. The standard InChI is InChI=1S/C25H24F2N2O/c26-17-1-4-19(5-2-17)29-24(30)22-9-13-25(22)11-7-16(8-12-25)20-10-14-28-23-6-3-18(27)15-21(20)23/h1-6,10,14-16,22H,7-9,11-13H2,(H,29,30). The number of rotatable bonds is 3. The van der Waals surface area contributed by atoms with E-state index in [2.05, 4.69) is 10.3 Å². The Bertz CT molecular complexity index is 1090. The van der Waals surface area contributed by atoms with E-state index in [9.17, 15) is 13.6 Å². The first kappa shape index (κ1) is 19.2. The van der Waals surface area contributed by atoms with Crippen molar-refractivity contribution in [3.05, 3.63) is 71.9 Å². The van der Waals surface area contributed by atoms with Crippen LogP contribution in [0.3, 0.4) is 0 Å². The zero-order valence-corrected chi connectivity index (χ0v) is 16.7. The summed E-state index contributed by atoms with van der Waals surface area (Å²) in [7, 11) is 0. The highest BCUT2D eigenvalue weighted by Crippen LogP contribution is 2.58. The van der Waals surface area contributed by atoms with Crippen molar-refractivity contribution >= 4 is 22.5 Å². The van der Waals surface area contributed by atoms with Gasteiger partial charge in [-0.1, -0.05) is 0 Å². The van der Waals surface area contributed by atoms with Crippen LogP contribution in [0.25, 0.3) is 10.9 Å². The molecule has 2 saturated carbocycles. The fourth-order valence-electron chi connectivity index (χ4n) is 5.47. The van der Waals surface area contributed by atoms with E-state index < -0.39 is 0 Å². The Morgan fingerprint density at radius 3 is 2.33 bits per heavy atom. The lowest BCUT2D eigenvalue weighted by Gasteiger charge is -2.52. The number of pyridine rings is 1. The lowest BCUT2D eigenvalue weighted by molar-refractivity contribution is -0.133. The van der Waals surface area contributed by atoms with Crippen molar-refractivity contribution in [2.24, 2.45) is 11.3 Å². The minimum atomic E-state index is -0.310. The monoisotopic (exact) mass is 406 g/mol. The SMILES string of the molecule is O=C(Nc1ccc(F)cc1)C1CCC12CCC(c1ccnc3ccc(F)cc13)CC2. The van der Waals surface area contributed by atoms with Crippen LogP contribution in [0.2, 0.25) is 0 Å². The number of halogens is 2. The molecule has 2 aliphatic rings. The lowest BCUT2D eigenvalue weighted by atomic mass is 9.52. The molecule has 154 valence electrons. The summed E-state index contributed by atoms with van der Waals surface area (Å²) in [5, 5.41) is 3.86. The van der Waals surface area contributed by atoms with E-state index in [0.717, 1.165) is 49.4 Å². The minimum absolute atomic E-state index is 0.00938. The van der Waals surface area contributed by atoms with Crippen LogP contribution >= 0.6 is 0 Å². The van der Waals surface area contributed by atoms with Crippen molar-refractivity contribution in [3.63, 3.8) is 0 Å². The number of nitrogens with one attached hydrogen (secondary N) is 1. The molecular formula is C25H24F2N2O. The van der Waals surface area contributed by atoms with Crippen molar-refractivity contribution in [2.75, 3.05) is 5.32 Å². The normalized spacial score (nSPS) is 25.8. The number of carbonyl (C=O) groups is 1. The number of aromatic nitrogens is 1. The summed E-state index contributed by atoms with van der Waals surface area (Å²) in [6.07, 6.45) is 7.78. The molecule has 1 spiro atoms. The molecule has 5 rings (SSSR count). The average Bonchev–Trinajstić information content (AvgIpc) is 2.74.